The van der Waals surface area contributed by atoms with E-state index in [-0.39, 0.29) is 11.5 Å². The van der Waals surface area contributed by atoms with Gasteiger partial charge < -0.3 is 5.32 Å². The van der Waals surface area contributed by atoms with E-state index in [0.717, 1.165) is 12.2 Å². The molecule has 0 aromatic carbocycles. The Balaban J connectivity index is 2.38. The topological polar surface area (TPSA) is 72.0 Å². The van der Waals surface area contributed by atoms with Gasteiger partial charge in [-0.05, 0) is 0 Å². The van der Waals surface area contributed by atoms with Crippen LogP contribution in [0.25, 0.3) is 0 Å². The van der Waals surface area contributed by atoms with Crippen molar-refractivity contribution in [3.8, 4) is 0 Å². The van der Waals surface area contributed by atoms with Gasteiger partial charge in [0.25, 0.3) is 0 Å². The van der Waals surface area contributed by atoms with Crippen LogP contribution < -0.4 is 5.32 Å². The fourth-order valence-corrected chi connectivity index (χ4v) is 2.30. The summed E-state index contributed by atoms with van der Waals surface area (Å²) >= 11 is 1.27. The first-order valence-corrected chi connectivity index (χ1v) is 7.43. The SMILES string of the molecule is CCc1nsc(NCCS(=O)(=O)CC)n1. The summed E-state index contributed by atoms with van der Waals surface area (Å²) in [6.07, 6.45) is 0.797. The zero-order valence-electron chi connectivity index (χ0n) is 8.86. The second-order valence-electron chi connectivity index (χ2n) is 3.03. The summed E-state index contributed by atoms with van der Waals surface area (Å²) < 4.78 is 26.4. The van der Waals surface area contributed by atoms with Crippen LogP contribution in [0.5, 0.6) is 0 Å². The zero-order chi connectivity index (χ0) is 11.3. The Bertz CT molecular complexity index is 400. The van der Waals surface area contributed by atoms with Gasteiger partial charge in [0.15, 0.2) is 9.84 Å². The molecule has 0 unspecified atom stereocenters. The molecule has 0 bridgehead atoms. The fourth-order valence-electron chi connectivity index (χ4n) is 0.927. The van der Waals surface area contributed by atoms with Crippen LogP contribution in [0.2, 0.25) is 0 Å². The summed E-state index contributed by atoms with van der Waals surface area (Å²) in [5.74, 6) is 1.12. The summed E-state index contributed by atoms with van der Waals surface area (Å²) in [7, 11) is -2.89. The molecule has 0 spiro atoms. The summed E-state index contributed by atoms with van der Waals surface area (Å²) in [6, 6.07) is 0. The zero-order valence-corrected chi connectivity index (χ0v) is 10.5. The summed E-state index contributed by atoms with van der Waals surface area (Å²) in [5, 5.41) is 3.65. The van der Waals surface area contributed by atoms with Crippen molar-refractivity contribution < 1.29 is 8.42 Å². The van der Waals surface area contributed by atoms with E-state index in [9.17, 15) is 8.42 Å². The Kier molecular flexibility index (Phi) is 4.46. The van der Waals surface area contributed by atoms with Gasteiger partial charge in [0, 0.05) is 30.3 Å². The second-order valence-corrected chi connectivity index (χ2v) is 6.26. The number of aromatic nitrogens is 2. The molecule has 7 heteroatoms. The van der Waals surface area contributed by atoms with Gasteiger partial charge in [0.1, 0.15) is 5.82 Å². The van der Waals surface area contributed by atoms with Crippen molar-refractivity contribution in [3.05, 3.63) is 5.82 Å². The minimum absolute atomic E-state index is 0.143. The number of hydrogen-bond donors (Lipinski definition) is 1. The molecule has 0 radical (unpaired) electrons. The number of hydrogen-bond acceptors (Lipinski definition) is 6. The maximum atomic E-state index is 11.2. The minimum Gasteiger partial charge on any atom is -0.359 e. The number of aryl methyl sites for hydroxylation is 1. The standard InChI is InChI=1S/C8H15N3O2S2/c1-3-7-10-8(14-11-7)9-5-6-15(12,13)4-2/h3-6H2,1-2H3,(H,9,10,11). The van der Waals surface area contributed by atoms with E-state index in [1.807, 2.05) is 6.92 Å². The van der Waals surface area contributed by atoms with Crippen LogP contribution >= 0.6 is 11.5 Å². The van der Waals surface area contributed by atoms with Crippen LogP contribution in [0.15, 0.2) is 0 Å². The number of nitrogens with one attached hydrogen (secondary N) is 1. The van der Waals surface area contributed by atoms with Gasteiger partial charge in [-0.1, -0.05) is 13.8 Å². The lowest BCUT2D eigenvalue weighted by atomic mass is 10.5. The predicted molar refractivity (Wildman–Crippen MR) is 62.1 cm³/mol. The highest BCUT2D eigenvalue weighted by Crippen LogP contribution is 2.10. The van der Waals surface area contributed by atoms with Crippen LogP contribution in [0.1, 0.15) is 19.7 Å². The van der Waals surface area contributed by atoms with E-state index < -0.39 is 9.84 Å². The molecular formula is C8H15N3O2S2. The second kappa shape index (κ2) is 5.41. The maximum absolute atomic E-state index is 11.2. The molecule has 15 heavy (non-hydrogen) atoms. The molecule has 0 amide bonds. The van der Waals surface area contributed by atoms with E-state index in [1.54, 1.807) is 6.92 Å². The first kappa shape index (κ1) is 12.4. The van der Waals surface area contributed by atoms with Crippen LogP contribution in [0.4, 0.5) is 5.13 Å². The van der Waals surface area contributed by atoms with Crippen molar-refractivity contribution in [1.29, 1.82) is 0 Å². The Morgan fingerprint density at radius 2 is 2.13 bits per heavy atom. The van der Waals surface area contributed by atoms with Crippen LogP contribution in [0.3, 0.4) is 0 Å². The molecule has 1 N–H and O–H groups in total. The van der Waals surface area contributed by atoms with Gasteiger partial charge in [-0.2, -0.15) is 4.37 Å². The molecule has 1 rings (SSSR count). The average molecular weight is 249 g/mol. The highest BCUT2D eigenvalue weighted by molar-refractivity contribution is 7.91. The molecule has 5 nitrogen and oxygen atoms in total. The fraction of sp³-hybridized carbons (Fsp3) is 0.750. The number of rotatable bonds is 6. The summed E-state index contributed by atoms with van der Waals surface area (Å²) in [5.41, 5.74) is 0. The van der Waals surface area contributed by atoms with E-state index in [2.05, 4.69) is 14.7 Å². The first-order valence-electron chi connectivity index (χ1n) is 4.84. The van der Waals surface area contributed by atoms with E-state index in [0.29, 0.717) is 11.7 Å². The minimum atomic E-state index is -2.89. The number of sulfone groups is 1. The third-order valence-corrected chi connectivity index (χ3v) is 4.33. The Morgan fingerprint density at radius 1 is 1.40 bits per heavy atom. The van der Waals surface area contributed by atoms with Crippen molar-refractivity contribution in [2.24, 2.45) is 0 Å². The summed E-state index contributed by atoms with van der Waals surface area (Å²) in [4.78, 5) is 4.18. The van der Waals surface area contributed by atoms with Crippen LogP contribution in [-0.4, -0.2) is 35.8 Å². The predicted octanol–water partition coefficient (Wildman–Crippen LogP) is 0.947. The molecule has 0 aliphatic carbocycles. The van der Waals surface area contributed by atoms with Gasteiger partial charge in [-0.15, -0.1) is 0 Å². The van der Waals surface area contributed by atoms with E-state index in [1.165, 1.54) is 11.5 Å². The Morgan fingerprint density at radius 3 is 2.67 bits per heavy atom. The number of anilines is 1. The molecule has 0 fully saturated rings. The quantitative estimate of drug-likeness (QED) is 0.812. The third kappa shape index (κ3) is 4.13. The summed E-state index contributed by atoms with van der Waals surface area (Å²) in [6.45, 7) is 4.03. The van der Waals surface area contributed by atoms with Gasteiger partial charge >= 0.3 is 0 Å². The molecular weight excluding hydrogens is 234 g/mol. The normalized spacial score (nSPS) is 11.6. The molecule has 0 saturated heterocycles. The smallest absolute Gasteiger partial charge is 0.202 e. The highest BCUT2D eigenvalue weighted by atomic mass is 32.2. The molecule has 0 aliphatic heterocycles. The monoisotopic (exact) mass is 249 g/mol. The lowest BCUT2D eigenvalue weighted by Gasteiger charge is -2.01. The lowest BCUT2D eigenvalue weighted by Crippen LogP contribution is -2.17. The van der Waals surface area contributed by atoms with Gasteiger partial charge in [0.2, 0.25) is 5.13 Å². The Labute approximate surface area is 94.0 Å². The van der Waals surface area contributed by atoms with E-state index in [4.69, 9.17) is 0 Å². The van der Waals surface area contributed by atoms with Crippen molar-refractivity contribution in [2.75, 3.05) is 23.4 Å². The molecule has 1 heterocycles. The average Bonchev–Trinajstić information content (AvgIpc) is 2.66. The third-order valence-electron chi connectivity index (χ3n) is 1.91. The molecule has 1 aromatic rings. The maximum Gasteiger partial charge on any atom is 0.202 e. The number of nitrogens with zero attached hydrogens (tertiary/aromatic N) is 2. The molecule has 0 atom stereocenters. The Hall–Kier alpha value is -0.690. The van der Waals surface area contributed by atoms with Crippen molar-refractivity contribution in [3.63, 3.8) is 0 Å². The molecule has 0 saturated carbocycles. The largest absolute Gasteiger partial charge is 0.359 e. The molecule has 86 valence electrons. The van der Waals surface area contributed by atoms with Crippen molar-refractivity contribution in [1.82, 2.24) is 9.36 Å². The highest BCUT2D eigenvalue weighted by Gasteiger charge is 2.07. The van der Waals surface area contributed by atoms with Crippen molar-refractivity contribution in [2.45, 2.75) is 20.3 Å². The molecule has 0 aliphatic rings. The van der Waals surface area contributed by atoms with Gasteiger partial charge in [0.05, 0.1) is 5.75 Å². The first-order chi connectivity index (χ1) is 7.07. The van der Waals surface area contributed by atoms with Gasteiger partial charge in [-0.25, -0.2) is 13.4 Å². The van der Waals surface area contributed by atoms with Gasteiger partial charge in [-0.3, -0.25) is 0 Å². The molecule has 1 aromatic heterocycles. The lowest BCUT2D eigenvalue weighted by molar-refractivity contribution is 0.597. The van der Waals surface area contributed by atoms with E-state index >= 15 is 0 Å². The van der Waals surface area contributed by atoms with Crippen LogP contribution in [-0.2, 0) is 16.3 Å². The van der Waals surface area contributed by atoms with Crippen LogP contribution in [0, 0.1) is 0 Å². The van der Waals surface area contributed by atoms with Crippen molar-refractivity contribution >= 4 is 26.5 Å².